The average Bonchev–Trinajstić information content (AvgIpc) is 3.37. The molecule has 0 aliphatic carbocycles. The van der Waals surface area contributed by atoms with E-state index in [0.717, 1.165) is 34.7 Å². The van der Waals surface area contributed by atoms with Gasteiger partial charge >= 0.3 is 0 Å². The lowest BCUT2D eigenvalue weighted by molar-refractivity contribution is 0.413. The summed E-state index contributed by atoms with van der Waals surface area (Å²) in [5.74, 6) is 1.76. The Kier molecular flexibility index (Phi) is 4.23. The molecular formula is C20H18N4O2. The van der Waals surface area contributed by atoms with Gasteiger partial charge in [-0.2, -0.15) is 10.1 Å². The van der Waals surface area contributed by atoms with E-state index >= 15 is 0 Å². The van der Waals surface area contributed by atoms with Crippen LogP contribution >= 0.6 is 0 Å². The van der Waals surface area contributed by atoms with Crippen molar-refractivity contribution >= 4 is 0 Å². The summed E-state index contributed by atoms with van der Waals surface area (Å²) < 4.78 is 12.6. The summed E-state index contributed by atoms with van der Waals surface area (Å²) in [6.07, 6.45) is 1.81. The van der Waals surface area contributed by atoms with Crippen LogP contribution in [-0.2, 0) is 6.54 Å². The van der Waals surface area contributed by atoms with Crippen LogP contribution in [-0.4, -0.2) is 27.0 Å². The molecule has 6 nitrogen and oxygen atoms in total. The maximum Gasteiger partial charge on any atom is 0.258 e. The Morgan fingerprint density at radius 3 is 2.65 bits per heavy atom. The van der Waals surface area contributed by atoms with Crippen LogP contribution in [0.4, 0.5) is 0 Å². The van der Waals surface area contributed by atoms with Gasteiger partial charge in [0.15, 0.2) is 0 Å². The molecule has 6 heteroatoms. The molecule has 4 aromatic rings. The number of aromatic nitrogens is 4. The van der Waals surface area contributed by atoms with E-state index in [0.29, 0.717) is 11.7 Å². The van der Waals surface area contributed by atoms with E-state index in [1.807, 2.05) is 53.2 Å². The van der Waals surface area contributed by atoms with E-state index in [1.54, 1.807) is 13.3 Å². The van der Waals surface area contributed by atoms with E-state index in [-0.39, 0.29) is 0 Å². The van der Waals surface area contributed by atoms with Crippen LogP contribution in [0.3, 0.4) is 0 Å². The molecule has 0 saturated carbocycles. The van der Waals surface area contributed by atoms with Crippen molar-refractivity contribution in [3.63, 3.8) is 0 Å². The third kappa shape index (κ3) is 2.97. The monoisotopic (exact) mass is 346 g/mol. The maximum absolute atomic E-state index is 5.45. The number of methoxy groups -OCH3 is 1. The number of nitrogens with zero attached hydrogens (tertiary/aromatic N) is 4. The first-order chi connectivity index (χ1) is 12.8. The SMILES string of the molecule is CCn1nccc1-c1cccc(-c2noc(-c3cccc(OC)c3)n2)c1. The van der Waals surface area contributed by atoms with E-state index < -0.39 is 0 Å². The van der Waals surface area contributed by atoms with Crippen molar-refractivity contribution in [3.8, 4) is 39.8 Å². The average molecular weight is 346 g/mol. The summed E-state index contributed by atoms with van der Waals surface area (Å²) in [5.41, 5.74) is 3.84. The predicted octanol–water partition coefficient (Wildman–Crippen LogP) is 4.30. The fourth-order valence-electron chi connectivity index (χ4n) is 2.86. The van der Waals surface area contributed by atoms with E-state index in [9.17, 15) is 0 Å². The summed E-state index contributed by atoms with van der Waals surface area (Å²) in [4.78, 5) is 4.54. The minimum atomic E-state index is 0.461. The van der Waals surface area contributed by atoms with Gasteiger partial charge < -0.3 is 9.26 Å². The lowest BCUT2D eigenvalue weighted by Gasteiger charge is -2.05. The highest BCUT2D eigenvalue weighted by Gasteiger charge is 2.13. The molecular weight excluding hydrogens is 328 g/mol. The first-order valence-electron chi connectivity index (χ1n) is 8.39. The highest BCUT2D eigenvalue weighted by Crippen LogP contribution is 2.28. The van der Waals surface area contributed by atoms with Gasteiger partial charge in [-0.15, -0.1) is 0 Å². The van der Waals surface area contributed by atoms with Crippen LogP contribution < -0.4 is 4.74 Å². The lowest BCUT2D eigenvalue weighted by Crippen LogP contribution is -1.98. The van der Waals surface area contributed by atoms with Crippen molar-refractivity contribution < 1.29 is 9.26 Å². The van der Waals surface area contributed by atoms with Gasteiger partial charge in [0.1, 0.15) is 5.75 Å². The summed E-state index contributed by atoms with van der Waals surface area (Å²) in [5, 5.41) is 8.46. The van der Waals surface area contributed by atoms with Crippen molar-refractivity contribution in [1.82, 2.24) is 19.9 Å². The zero-order chi connectivity index (χ0) is 17.9. The predicted molar refractivity (Wildman–Crippen MR) is 98.6 cm³/mol. The second-order valence-corrected chi connectivity index (χ2v) is 5.77. The molecule has 0 spiro atoms. The minimum absolute atomic E-state index is 0.461. The van der Waals surface area contributed by atoms with Crippen molar-refractivity contribution in [2.24, 2.45) is 0 Å². The number of ether oxygens (including phenoxy) is 1. The quantitative estimate of drug-likeness (QED) is 0.539. The zero-order valence-corrected chi connectivity index (χ0v) is 14.6. The Hall–Kier alpha value is -3.41. The zero-order valence-electron chi connectivity index (χ0n) is 14.6. The summed E-state index contributed by atoms with van der Waals surface area (Å²) in [7, 11) is 1.63. The molecule has 0 radical (unpaired) electrons. The van der Waals surface area contributed by atoms with Gasteiger partial charge in [0.25, 0.3) is 5.89 Å². The van der Waals surface area contributed by atoms with Gasteiger partial charge in [-0.1, -0.05) is 29.4 Å². The first kappa shape index (κ1) is 16.1. The molecule has 0 saturated heterocycles. The van der Waals surface area contributed by atoms with Crippen molar-refractivity contribution in [2.45, 2.75) is 13.5 Å². The molecule has 0 bridgehead atoms. The summed E-state index contributed by atoms with van der Waals surface area (Å²) in [6, 6.07) is 17.6. The molecule has 0 N–H and O–H groups in total. The number of rotatable bonds is 5. The van der Waals surface area contributed by atoms with Gasteiger partial charge in [-0.3, -0.25) is 4.68 Å². The molecule has 26 heavy (non-hydrogen) atoms. The number of benzene rings is 2. The molecule has 0 fully saturated rings. The molecule has 2 aromatic carbocycles. The standard InChI is InChI=1S/C20H18N4O2/c1-3-24-18(10-11-21-24)14-6-4-7-15(12-14)19-22-20(26-23-19)16-8-5-9-17(13-16)25-2/h4-13H,3H2,1-2H3. The van der Waals surface area contributed by atoms with Gasteiger partial charge in [0.05, 0.1) is 12.8 Å². The minimum Gasteiger partial charge on any atom is -0.497 e. The molecule has 0 amide bonds. The van der Waals surface area contributed by atoms with Crippen LogP contribution in [0.25, 0.3) is 34.1 Å². The summed E-state index contributed by atoms with van der Waals surface area (Å²) in [6.45, 7) is 2.88. The highest BCUT2D eigenvalue weighted by atomic mass is 16.5. The van der Waals surface area contributed by atoms with Crippen molar-refractivity contribution in [2.75, 3.05) is 7.11 Å². The maximum atomic E-state index is 5.45. The molecule has 0 aliphatic heterocycles. The van der Waals surface area contributed by atoms with E-state index in [4.69, 9.17) is 9.26 Å². The molecule has 0 aliphatic rings. The number of aryl methyl sites for hydroxylation is 1. The fraction of sp³-hybridized carbons (Fsp3) is 0.150. The van der Waals surface area contributed by atoms with Gasteiger partial charge in [-0.05, 0) is 37.3 Å². The lowest BCUT2D eigenvalue weighted by atomic mass is 10.1. The third-order valence-corrected chi connectivity index (χ3v) is 4.18. The summed E-state index contributed by atoms with van der Waals surface area (Å²) >= 11 is 0. The van der Waals surface area contributed by atoms with Gasteiger partial charge in [0, 0.05) is 29.4 Å². The van der Waals surface area contributed by atoms with Gasteiger partial charge in [0.2, 0.25) is 5.82 Å². The fourth-order valence-corrected chi connectivity index (χ4v) is 2.86. The van der Waals surface area contributed by atoms with Crippen LogP contribution in [0.2, 0.25) is 0 Å². The van der Waals surface area contributed by atoms with E-state index in [2.05, 4.69) is 28.2 Å². The molecule has 2 heterocycles. The second kappa shape index (κ2) is 6.84. The van der Waals surface area contributed by atoms with Crippen LogP contribution in [0.15, 0.2) is 65.3 Å². The topological polar surface area (TPSA) is 66.0 Å². The Balaban J connectivity index is 1.69. The molecule has 0 unspecified atom stereocenters. The third-order valence-electron chi connectivity index (χ3n) is 4.18. The molecule has 130 valence electrons. The number of hydrogen-bond donors (Lipinski definition) is 0. The Morgan fingerprint density at radius 2 is 1.81 bits per heavy atom. The van der Waals surface area contributed by atoms with E-state index in [1.165, 1.54) is 0 Å². The van der Waals surface area contributed by atoms with Crippen molar-refractivity contribution in [3.05, 3.63) is 60.8 Å². The second-order valence-electron chi connectivity index (χ2n) is 5.77. The molecule has 0 atom stereocenters. The first-order valence-corrected chi connectivity index (χ1v) is 8.39. The largest absolute Gasteiger partial charge is 0.497 e. The normalized spacial score (nSPS) is 10.8. The van der Waals surface area contributed by atoms with Gasteiger partial charge in [-0.25, -0.2) is 0 Å². The Bertz CT molecular complexity index is 1040. The molecule has 2 aromatic heterocycles. The van der Waals surface area contributed by atoms with Crippen LogP contribution in [0.1, 0.15) is 6.92 Å². The van der Waals surface area contributed by atoms with Crippen LogP contribution in [0, 0.1) is 0 Å². The molecule has 4 rings (SSSR count). The highest BCUT2D eigenvalue weighted by molar-refractivity contribution is 5.69. The van der Waals surface area contributed by atoms with Crippen LogP contribution in [0.5, 0.6) is 5.75 Å². The van der Waals surface area contributed by atoms with Crippen molar-refractivity contribution in [1.29, 1.82) is 0 Å². The smallest absolute Gasteiger partial charge is 0.258 e. The Morgan fingerprint density at radius 1 is 1.00 bits per heavy atom. The number of hydrogen-bond acceptors (Lipinski definition) is 5. The Labute approximate surface area is 151 Å².